The summed E-state index contributed by atoms with van der Waals surface area (Å²) in [6.45, 7) is 1.46. The van der Waals surface area contributed by atoms with Crippen molar-refractivity contribution in [2.24, 2.45) is 5.92 Å². The number of nitrogens with zero attached hydrogens (tertiary/aromatic N) is 4. The van der Waals surface area contributed by atoms with E-state index in [9.17, 15) is 4.79 Å². The van der Waals surface area contributed by atoms with E-state index >= 15 is 0 Å². The lowest BCUT2D eigenvalue weighted by molar-refractivity contribution is 0.0786. The lowest BCUT2D eigenvalue weighted by atomic mass is 10.0. The van der Waals surface area contributed by atoms with Gasteiger partial charge in [-0.3, -0.25) is 9.78 Å². The molecule has 2 aromatic heterocycles. The molecule has 3 heterocycles. The van der Waals surface area contributed by atoms with Crippen molar-refractivity contribution >= 4 is 5.91 Å². The highest BCUT2D eigenvalue weighted by Crippen LogP contribution is 2.23. The summed E-state index contributed by atoms with van der Waals surface area (Å²) in [5.74, 6) is 1.62. The van der Waals surface area contributed by atoms with E-state index in [4.69, 9.17) is 4.52 Å². The molecule has 25 heavy (non-hydrogen) atoms. The molecule has 0 aliphatic carbocycles. The molecule has 1 unspecified atom stereocenters. The average Bonchev–Trinajstić information content (AvgIpc) is 3.33. The van der Waals surface area contributed by atoms with Crippen LogP contribution in [-0.2, 0) is 6.42 Å². The van der Waals surface area contributed by atoms with Crippen molar-refractivity contribution in [1.82, 2.24) is 20.0 Å². The highest BCUT2D eigenvalue weighted by atomic mass is 16.5. The van der Waals surface area contributed by atoms with Crippen LogP contribution in [0.15, 0.2) is 59.4 Å². The highest BCUT2D eigenvalue weighted by molar-refractivity contribution is 5.94. The van der Waals surface area contributed by atoms with Crippen LogP contribution < -0.4 is 0 Å². The SMILES string of the molecule is O=C(c1cccnc1)N1CCC(Cc2noc(-c3ccccc3)n2)C1. The summed E-state index contributed by atoms with van der Waals surface area (Å²) in [7, 11) is 0. The minimum atomic E-state index is 0.0358. The van der Waals surface area contributed by atoms with Crippen molar-refractivity contribution in [3.63, 3.8) is 0 Å². The Morgan fingerprint density at radius 3 is 2.88 bits per heavy atom. The van der Waals surface area contributed by atoms with Crippen LogP contribution >= 0.6 is 0 Å². The van der Waals surface area contributed by atoms with Crippen LogP contribution in [0.25, 0.3) is 11.5 Å². The number of amides is 1. The summed E-state index contributed by atoms with van der Waals surface area (Å²) >= 11 is 0. The highest BCUT2D eigenvalue weighted by Gasteiger charge is 2.28. The smallest absolute Gasteiger partial charge is 0.257 e. The molecule has 6 nitrogen and oxygen atoms in total. The van der Waals surface area contributed by atoms with E-state index in [2.05, 4.69) is 15.1 Å². The third-order valence-corrected chi connectivity index (χ3v) is 4.44. The Morgan fingerprint density at radius 2 is 2.08 bits per heavy atom. The first-order valence-electron chi connectivity index (χ1n) is 8.37. The van der Waals surface area contributed by atoms with E-state index in [1.165, 1.54) is 0 Å². The maximum Gasteiger partial charge on any atom is 0.257 e. The van der Waals surface area contributed by atoms with Crippen LogP contribution in [0.1, 0.15) is 22.6 Å². The zero-order valence-electron chi connectivity index (χ0n) is 13.7. The number of likely N-dealkylation sites (tertiary alicyclic amines) is 1. The minimum absolute atomic E-state index is 0.0358. The van der Waals surface area contributed by atoms with Crippen molar-refractivity contribution in [2.75, 3.05) is 13.1 Å². The molecule has 1 saturated heterocycles. The summed E-state index contributed by atoms with van der Waals surface area (Å²) < 4.78 is 5.35. The maximum absolute atomic E-state index is 12.5. The number of pyridine rings is 1. The Bertz CT molecular complexity index is 848. The number of rotatable bonds is 4. The largest absolute Gasteiger partial charge is 0.338 e. The van der Waals surface area contributed by atoms with Gasteiger partial charge in [0.15, 0.2) is 5.82 Å². The Balaban J connectivity index is 1.39. The van der Waals surface area contributed by atoms with E-state index in [1.54, 1.807) is 24.5 Å². The molecule has 1 fully saturated rings. The molecule has 1 amide bonds. The van der Waals surface area contributed by atoms with Crippen LogP contribution in [-0.4, -0.2) is 39.0 Å². The van der Waals surface area contributed by atoms with E-state index in [1.807, 2.05) is 35.2 Å². The summed E-state index contributed by atoms with van der Waals surface area (Å²) in [5, 5.41) is 4.08. The normalized spacial score (nSPS) is 17.0. The van der Waals surface area contributed by atoms with Gasteiger partial charge in [0.2, 0.25) is 0 Å². The molecule has 0 saturated carbocycles. The van der Waals surface area contributed by atoms with Gasteiger partial charge in [-0.25, -0.2) is 0 Å². The Morgan fingerprint density at radius 1 is 1.20 bits per heavy atom. The minimum Gasteiger partial charge on any atom is -0.338 e. The van der Waals surface area contributed by atoms with E-state index in [0.29, 0.717) is 36.2 Å². The standard InChI is InChI=1S/C19H18N4O2/c24-19(16-7-4-9-20-12-16)23-10-8-14(13-23)11-17-21-18(25-22-17)15-5-2-1-3-6-15/h1-7,9,12,14H,8,10-11,13H2. The van der Waals surface area contributed by atoms with Crippen molar-refractivity contribution in [1.29, 1.82) is 0 Å². The van der Waals surface area contributed by atoms with Crippen molar-refractivity contribution in [2.45, 2.75) is 12.8 Å². The molecule has 6 heteroatoms. The molecule has 0 radical (unpaired) electrons. The Kier molecular flexibility index (Phi) is 4.24. The first-order chi connectivity index (χ1) is 12.3. The van der Waals surface area contributed by atoms with Crippen molar-refractivity contribution < 1.29 is 9.32 Å². The van der Waals surface area contributed by atoms with Crippen LogP contribution in [0.2, 0.25) is 0 Å². The van der Waals surface area contributed by atoms with E-state index in [-0.39, 0.29) is 5.91 Å². The zero-order chi connectivity index (χ0) is 17.1. The van der Waals surface area contributed by atoms with Crippen LogP contribution in [0, 0.1) is 5.92 Å². The van der Waals surface area contributed by atoms with Gasteiger partial charge in [-0.2, -0.15) is 4.98 Å². The number of hydrogen-bond acceptors (Lipinski definition) is 5. The molecule has 0 N–H and O–H groups in total. The van der Waals surface area contributed by atoms with Gasteiger partial charge in [-0.1, -0.05) is 23.4 Å². The fourth-order valence-electron chi connectivity index (χ4n) is 3.15. The lowest BCUT2D eigenvalue weighted by Gasteiger charge is -2.15. The van der Waals surface area contributed by atoms with Crippen LogP contribution in [0.4, 0.5) is 0 Å². The summed E-state index contributed by atoms with van der Waals surface area (Å²) in [6.07, 6.45) is 4.94. The first-order valence-corrected chi connectivity index (χ1v) is 8.37. The predicted molar refractivity (Wildman–Crippen MR) is 91.7 cm³/mol. The van der Waals surface area contributed by atoms with Gasteiger partial charge >= 0.3 is 0 Å². The van der Waals surface area contributed by atoms with E-state index in [0.717, 1.165) is 18.5 Å². The molecule has 126 valence electrons. The number of aromatic nitrogens is 3. The number of carbonyl (C=O) groups is 1. The zero-order valence-corrected chi connectivity index (χ0v) is 13.7. The Hall–Kier alpha value is -3.02. The monoisotopic (exact) mass is 334 g/mol. The number of benzene rings is 1. The van der Waals surface area contributed by atoms with Crippen molar-refractivity contribution in [3.05, 3.63) is 66.2 Å². The van der Waals surface area contributed by atoms with Gasteiger partial charge < -0.3 is 9.42 Å². The van der Waals surface area contributed by atoms with Gasteiger partial charge in [-0.05, 0) is 36.6 Å². The molecular weight excluding hydrogens is 316 g/mol. The van der Waals surface area contributed by atoms with Crippen molar-refractivity contribution in [3.8, 4) is 11.5 Å². The summed E-state index contributed by atoms with van der Waals surface area (Å²) in [6, 6.07) is 13.3. The van der Waals surface area contributed by atoms with Gasteiger partial charge in [0.1, 0.15) is 0 Å². The predicted octanol–water partition coefficient (Wildman–Crippen LogP) is 2.84. The van der Waals surface area contributed by atoms with Gasteiger partial charge in [0, 0.05) is 37.5 Å². The van der Waals surface area contributed by atoms with Gasteiger partial charge in [0.05, 0.1) is 5.56 Å². The molecule has 1 aliphatic heterocycles. The van der Waals surface area contributed by atoms with Gasteiger partial charge in [0.25, 0.3) is 11.8 Å². The Labute approximate surface area is 145 Å². The number of carbonyl (C=O) groups excluding carboxylic acids is 1. The van der Waals surface area contributed by atoms with Gasteiger partial charge in [-0.15, -0.1) is 0 Å². The fraction of sp³-hybridized carbons (Fsp3) is 0.263. The molecule has 3 aromatic rings. The lowest BCUT2D eigenvalue weighted by Crippen LogP contribution is -2.29. The first kappa shape index (κ1) is 15.5. The molecule has 1 aliphatic rings. The van der Waals surface area contributed by atoms with E-state index < -0.39 is 0 Å². The third kappa shape index (κ3) is 3.42. The number of hydrogen-bond donors (Lipinski definition) is 0. The summed E-state index contributed by atoms with van der Waals surface area (Å²) in [5.41, 5.74) is 1.55. The molecule has 1 atom stereocenters. The second kappa shape index (κ2) is 6.84. The molecule has 0 bridgehead atoms. The average molecular weight is 334 g/mol. The second-order valence-corrected chi connectivity index (χ2v) is 6.23. The quantitative estimate of drug-likeness (QED) is 0.733. The topological polar surface area (TPSA) is 72.1 Å². The molecule has 0 spiro atoms. The fourth-order valence-corrected chi connectivity index (χ4v) is 3.15. The van der Waals surface area contributed by atoms with Crippen LogP contribution in [0.5, 0.6) is 0 Å². The third-order valence-electron chi connectivity index (χ3n) is 4.44. The molecule has 1 aromatic carbocycles. The van der Waals surface area contributed by atoms with Crippen LogP contribution in [0.3, 0.4) is 0 Å². The maximum atomic E-state index is 12.5. The summed E-state index contributed by atoms with van der Waals surface area (Å²) in [4.78, 5) is 22.8. The second-order valence-electron chi connectivity index (χ2n) is 6.23. The molecular formula is C19H18N4O2. The molecule has 4 rings (SSSR count).